The van der Waals surface area contributed by atoms with Crippen molar-refractivity contribution in [2.24, 2.45) is 5.41 Å². The van der Waals surface area contributed by atoms with Crippen LogP contribution in [-0.4, -0.2) is 140 Å². The third-order valence-corrected chi connectivity index (χ3v) is 14.5. The topological polar surface area (TPSA) is 249 Å². The molecule has 1 saturated heterocycles. The largest absolute Gasteiger partial charge is 0.495 e. The molecule has 21 heteroatoms. The van der Waals surface area contributed by atoms with Crippen LogP contribution >= 0.6 is 11.3 Å². The number of amides is 4. The number of aromatic nitrogens is 3. The highest BCUT2D eigenvalue weighted by Gasteiger charge is 2.43. The van der Waals surface area contributed by atoms with Gasteiger partial charge in [-0.1, -0.05) is 64.8 Å². The number of nitrogens with one attached hydrogen (secondary N) is 6. The van der Waals surface area contributed by atoms with Crippen LogP contribution in [0.25, 0.3) is 10.4 Å². The lowest BCUT2D eigenvalue weighted by molar-refractivity contribution is -0.144. The van der Waals surface area contributed by atoms with E-state index < -0.39 is 17.5 Å². The molecule has 1 aliphatic carbocycles. The number of rotatable bonds is 25. The molecule has 4 aromatic rings. The van der Waals surface area contributed by atoms with Gasteiger partial charge in [0.2, 0.25) is 23.7 Å². The molecule has 2 aliphatic heterocycles. The van der Waals surface area contributed by atoms with Gasteiger partial charge in [0.25, 0.3) is 5.91 Å². The van der Waals surface area contributed by atoms with Crippen molar-refractivity contribution in [3.8, 4) is 16.2 Å². The SMILES string of the molecule is CCC1C(=N)N(C=N)c2cnc(Nc3ccc(C(=O)NCCOCCOCCOCCC(=O)N[C@H](C(=O)N4CCC[C@H]4C(=O)NCc4ccc(-c5scnc5C)cc4)C(C)(C)C)cc3OC)nc2N1C1CCCC1. The molecule has 4 amide bonds. The molecule has 0 radical (unpaired) electrons. The number of ether oxygens (including phenoxy) is 4. The standard InChI is InChI=1S/C53H72N12O8S/c1-7-40-47(55)64(32-54)42-31-58-52(62-48(42)65(40)38-11-8-9-12-38)60-39-19-18-37(29-43(39)70-6)49(67)56-21-24-72-26-28-73-27-25-71-23-20-44(66)61-46(53(3,4)5)51(69)63-22-10-13-41(63)50(68)57-30-35-14-16-36(17-15-35)45-34(2)59-33-74-45/h14-19,29,31-33,38,40-41,46,54-55H,7-13,20-28,30H2,1-6H3,(H,56,67)(H,57,68)(H,61,66)(H,58,60,62)/t40?,41-,46+/m0/s1. The number of nitrogens with zero attached hydrogens (tertiary/aromatic N) is 6. The van der Waals surface area contributed by atoms with Crippen LogP contribution in [0.3, 0.4) is 0 Å². The molecule has 398 valence electrons. The molecule has 3 aliphatic rings. The van der Waals surface area contributed by atoms with Crippen molar-refractivity contribution >= 4 is 70.3 Å². The maximum atomic E-state index is 13.9. The second-order valence-electron chi connectivity index (χ2n) is 19.7. The van der Waals surface area contributed by atoms with Gasteiger partial charge in [0.15, 0.2) is 5.82 Å². The van der Waals surface area contributed by atoms with Crippen molar-refractivity contribution < 1.29 is 38.1 Å². The lowest BCUT2D eigenvalue weighted by Gasteiger charge is -2.44. The van der Waals surface area contributed by atoms with Gasteiger partial charge in [-0.25, -0.2) is 9.97 Å². The highest BCUT2D eigenvalue weighted by molar-refractivity contribution is 7.13. The van der Waals surface area contributed by atoms with E-state index in [0.29, 0.717) is 92.5 Å². The Kier molecular flexibility index (Phi) is 19.5. The number of likely N-dealkylation sites (tertiary alicyclic amines) is 1. The van der Waals surface area contributed by atoms with E-state index >= 15 is 0 Å². The van der Waals surface area contributed by atoms with E-state index in [0.717, 1.165) is 53.7 Å². The van der Waals surface area contributed by atoms with Gasteiger partial charge in [0, 0.05) is 37.7 Å². The number of hydrogen-bond donors (Lipinski definition) is 6. The average molecular weight is 1040 g/mol. The zero-order chi connectivity index (χ0) is 52.8. The molecule has 74 heavy (non-hydrogen) atoms. The molecular formula is C53H72N12O8S. The van der Waals surface area contributed by atoms with Crippen LogP contribution in [-0.2, 0) is 35.1 Å². The number of aryl methyl sites for hydroxylation is 1. The molecule has 1 unspecified atom stereocenters. The highest BCUT2D eigenvalue weighted by atomic mass is 32.1. The molecule has 0 bridgehead atoms. The predicted molar refractivity (Wildman–Crippen MR) is 286 cm³/mol. The Labute approximate surface area is 437 Å². The van der Waals surface area contributed by atoms with Crippen molar-refractivity contribution in [1.82, 2.24) is 35.8 Å². The molecule has 2 aromatic carbocycles. The van der Waals surface area contributed by atoms with Crippen molar-refractivity contribution in [2.45, 2.75) is 117 Å². The molecule has 6 N–H and O–H groups in total. The number of amidine groups is 1. The Morgan fingerprint density at radius 2 is 1.64 bits per heavy atom. The maximum absolute atomic E-state index is 13.9. The Balaban J connectivity index is 0.763. The molecular weight excluding hydrogens is 965 g/mol. The molecule has 4 heterocycles. The molecule has 2 aromatic heterocycles. The van der Waals surface area contributed by atoms with Crippen molar-refractivity contribution in [1.29, 1.82) is 10.8 Å². The summed E-state index contributed by atoms with van der Waals surface area (Å²) in [5.74, 6) is 0.685. The number of thiazole rings is 1. The summed E-state index contributed by atoms with van der Waals surface area (Å²) in [4.78, 5) is 73.7. The monoisotopic (exact) mass is 1040 g/mol. The van der Waals surface area contributed by atoms with Gasteiger partial charge in [-0.05, 0) is 73.8 Å². The van der Waals surface area contributed by atoms with Crippen molar-refractivity contribution in [3.63, 3.8) is 0 Å². The quantitative estimate of drug-likeness (QED) is 0.0233. The smallest absolute Gasteiger partial charge is 0.251 e. The number of carbonyl (C=O) groups excluding carboxylic acids is 4. The summed E-state index contributed by atoms with van der Waals surface area (Å²) in [7, 11) is 1.52. The van der Waals surface area contributed by atoms with E-state index in [9.17, 15) is 19.2 Å². The fourth-order valence-corrected chi connectivity index (χ4v) is 10.4. The van der Waals surface area contributed by atoms with Crippen LogP contribution in [0.15, 0.2) is 54.2 Å². The van der Waals surface area contributed by atoms with Gasteiger partial charge in [0.1, 0.15) is 29.4 Å². The number of fused-ring (bicyclic) bond motifs is 1. The second-order valence-corrected chi connectivity index (χ2v) is 20.5. The van der Waals surface area contributed by atoms with Crippen LogP contribution < -0.4 is 35.8 Å². The van der Waals surface area contributed by atoms with Crippen LogP contribution in [0, 0.1) is 23.2 Å². The number of hydrogen-bond acceptors (Lipinski definition) is 16. The third kappa shape index (κ3) is 13.8. The number of carbonyl (C=O) groups is 4. The third-order valence-electron chi connectivity index (χ3n) is 13.5. The zero-order valence-electron chi connectivity index (χ0n) is 43.5. The summed E-state index contributed by atoms with van der Waals surface area (Å²) in [6.07, 6.45) is 9.09. The van der Waals surface area contributed by atoms with Crippen molar-refractivity contribution in [3.05, 3.63) is 71.0 Å². The number of anilines is 4. The Morgan fingerprint density at radius 1 is 0.919 bits per heavy atom. The van der Waals surface area contributed by atoms with E-state index in [1.165, 1.54) is 12.0 Å². The highest BCUT2D eigenvalue weighted by Crippen LogP contribution is 2.41. The van der Waals surface area contributed by atoms with Crippen LogP contribution in [0.1, 0.15) is 101 Å². The Hall–Kier alpha value is -6.55. The number of methoxy groups -OCH3 is 1. The van der Waals surface area contributed by atoms with E-state index in [4.69, 9.17) is 34.7 Å². The summed E-state index contributed by atoms with van der Waals surface area (Å²) in [6.45, 7) is 12.3. The lowest BCUT2D eigenvalue weighted by Crippen LogP contribution is -2.57. The average Bonchev–Trinajstić information content (AvgIpc) is 4.21. The molecule has 3 atom stereocenters. The minimum atomic E-state index is -0.827. The van der Waals surface area contributed by atoms with Gasteiger partial charge in [-0.3, -0.25) is 34.9 Å². The first-order valence-electron chi connectivity index (χ1n) is 25.6. The van der Waals surface area contributed by atoms with E-state index in [-0.39, 0.29) is 68.5 Å². The Bertz CT molecular complexity index is 2580. The summed E-state index contributed by atoms with van der Waals surface area (Å²) < 4.78 is 22.5. The Morgan fingerprint density at radius 3 is 2.30 bits per heavy atom. The maximum Gasteiger partial charge on any atom is 0.251 e. The van der Waals surface area contributed by atoms with E-state index in [1.807, 2.05) is 57.5 Å². The summed E-state index contributed by atoms with van der Waals surface area (Å²) in [5.41, 5.74) is 5.81. The van der Waals surface area contributed by atoms with Crippen LogP contribution in [0.2, 0.25) is 0 Å². The minimum absolute atomic E-state index is 0.0528. The van der Waals surface area contributed by atoms with Gasteiger partial charge >= 0.3 is 0 Å². The van der Waals surface area contributed by atoms with E-state index in [2.05, 4.69) is 43.1 Å². The normalized spacial score (nSPS) is 17.2. The van der Waals surface area contributed by atoms with Gasteiger partial charge in [-0.2, -0.15) is 4.98 Å². The first-order chi connectivity index (χ1) is 35.7. The van der Waals surface area contributed by atoms with Crippen LogP contribution in [0.5, 0.6) is 5.75 Å². The predicted octanol–water partition coefficient (Wildman–Crippen LogP) is 6.60. The fraction of sp³-hybridized carbons (Fsp3) is 0.528. The molecule has 1 saturated carbocycles. The van der Waals surface area contributed by atoms with Gasteiger partial charge in [0.05, 0.1) is 87.1 Å². The lowest BCUT2D eigenvalue weighted by atomic mass is 9.85. The first kappa shape index (κ1) is 55.2. The fourth-order valence-electron chi connectivity index (χ4n) is 9.61. The summed E-state index contributed by atoms with van der Waals surface area (Å²) >= 11 is 1.59. The summed E-state index contributed by atoms with van der Waals surface area (Å²) in [5, 5.41) is 28.9. The molecule has 2 fully saturated rings. The van der Waals surface area contributed by atoms with Gasteiger partial charge in [-0.15, -0.1) is 11.3 Å². The first-order valence-corrected chi connectivity index (χ1v) is 26.5. The van der Waals surface area contributed by atoms with Crippen molar-refractivity contribution in [2.75, 3.05) is 75.0 Å². The zero-order valence-corrected chi connectivity index (χ0v) is 44.3. The van der Waals surface area contributed by atoms with Gasteiger partial charge < -0.3 is 50.0 Å². The summed E-state index contributed by atoms with van der Waals surface area (Å²) in [6, 6.07) is 11.7. The van der Waals surface area contributed by atoms with Crippen LogP contribution in [0.4, 0.5) is 23.1 Å². The second kappa shape index (κ2) is 26.1. The molecule has 20 nitrogen and oxygen atoms in total. The molecule has 0 spiro atoms. The number of benzene rings is 2. The minimum Gasteiger partial charge on any atom is -0.495 e. The molecule has 7 rings (SSSR count). The van der Waals surface area contributed by atoms with E-state index in [1.54, 1.807) is 40.6 Å².